The van der Waals surface area contributed by atoms with Crippen LogP contribution in [-0.2, 0) is 10.2 Å². The van der Waals surface area contributed by atoms with Crippen LogP contribution in [0.3, 0.4) is 0 Å². The molecule has 2 aliphatic rings. The van der Waals surface area contributed by atoms with E-state index >= 15 is 0 Å². The summed E-state index contributed by atoms with van der Waals surface area (Å²) in [5.74, 6) is 0. The molecule has 1 atom stereocenters. The van der Waals surface area contributed by atoms with Gasteiger partial charge in [0.25, 0.3) is 10.2 Å². The molecule has 1 N–H and O–H groups in total. The Labute approximate surface area is 143 Å². The minimum absolute atomic E-state index is 0.245. The number of nitrogens with one attached hydrogen (secondary N) is 1. The zero-order valence-corrected chi connectivity index (χ0v) is 14.8. The fourth-order valence-corrected chi connectivity index (χ4v) is 5.50. The molecule has 1 aromatic rings. The van der Waals surface area contributed by atoms with Crippen molar-refractivity contribution in [2.75, 3.05) is 32.7 Å². The molecule has 2 saturated heterocycles. The molecule has 0 bridgehead atoms. The molecule has 2 aliphatic heterocycles. The minimum Gasteiger partial charge on any atom is -0.313 e. The largest absolute Gasteiger partial charge is 0.313 e. The quantitative estimate of drug-likeness (QED) is 0.903. The first-order chi connectivity index (χ1) is 11.1. The fourth-order valence-electron chi connectivity index (χ4n) is 3.39. The Morgan fingerprint density at radius 2 is 1.74 bits per heavy atom. The van der Waals surface area contributed by atoms with Crippen molar-refractivity contribution >= 4 is 21.8 Å². The van der Waals surface area contributed by atoms with Gasteiger partial charge < -0.3 is 5.32 Å². The van der Waals surface area contributed by atoms with Gasteiger partial charge in [0.15, 0.2) is 0 Å². The average molecular weight is 358 g/mol. The summed E-state index contributed by atoms with van der Waals surface area (Å²) in [7, 11) is -3.45. The number of halogens is 1. The number of piperazine rings is 1. The van der Waals surface area contributed by atoms with Crippen molar-refractivity contribution in [3.05, 3.63) is 34.9 Å². The molecule has 0 spiro atoms. The highest BCUT2D eigenvalue weighted by molar-refractivity contribution is 7.86. The van der Waals surface area contributed by atoms with Gasteiger partial charge in [0, 0.05) is 37.7 Å². The van der Waals surface area contributed by atoms with Crippen LogP contribution in [0.2, 0.25) is 5.02 Å². The summed E-state index contributed by atoms with van der Waals surface area (Å²) >= 11 is 6.32. The van der Waals surface area contributed by atoms with Crippen LogP contribution in [0.1, 0.15) is 37.3 Å². The first-order valence-corrected chi connectivity index (χ1v) is 10.1. The van der Waals surface area contributed by atoms with E-state index in [0.29, 0.717) is 37.7 Å². The second-order valence-electron chi connectivity index (χ2n) is 6.17. The Bertz CT molecular complexity index is 630. The molecule has 0 aliphatic carbocycles. The molecule has 2 heterocycles. The SMILES string of the molecule is O=S(=O)(N1CCCCCC1)N1CCNCC1c1ccccc1Cl. The number of hydrogen-bond acceptors (Lipinski definition) is 3. The Kier molecular flexibility index (Phi) is 5.59. The maximum atomic E-state index is 13.2. The van der Waals surface area contributed by atoms with Crippen LogP contribution >= 0.6 is 11.6 Å². The van der Waals surface area contributed by atoms with Gasteiger partial charge in [0.1, 0.15) is 0 Å². The smallest absolute Gasteiger partial charge is 0.282 e. The van der Waals surface area contributed by atoms with E-state index < -0.39 is 10.2 Å². The van der Waals surface area contributed by atoms with Gasteiger partial charge in [-0.15, -0.1) is 0 Å². The topological polar surface area (TPSA) is 52.7 Å². The summed E-state index contributed by atoms with van der Waals surface area (Å²) in [6, 6.07) is 7.28. The van der Waals surface area contributed by atoms with Gasteiger partial charge in [0.05, 0.1) is 6.04 Å². The second kappa shape index (κ2) is 7.49. The van der Waals surface area contributed by atoms with Gasteiger partial charge >= 0.3 is 0 Å². The van der Waals surface area contributed by atoms with Crippen molar-refractivity contribution < 1.29 is 8.42 Å². The van der Waals surface area contributed by atoms with Crippen LogP contribution < -0.4 is 5.32 Å². The molecule has 1 aromatic carbocycles. The van der Waals surface area contributed by atoms with E-state index in [1.165, 1.54) is 0 Å². The summed E-state index contributed by atoms with van der Waals surface area (Å²) in [4.78, 5) is 0. The normalized spacial score (nSPS) is 25.2. The lowest BCUT2D eigenvalue weighted by molar-refractivity contribution is 0.247. The molecule has 128 valence electrons. The van der Waals surface area contributed by atoms with Crippen LogP contribution in [-0.4, -0.2) is 49.8 Å². The van der Waals surface area contributed by atoms with Gasteiger partial charge in [-0.2, -0.15) is 17.0 Å². The van der Waals surface area contributed by atoms with Crippen LogP contribution in [0, 0.1) is 0 Å². The van der Waals surface area contributed by atoms with E-state index in [0.717, 1.165) is 31.2 Å². The van der Waals surface area contributed by atoms with E-state index in [1.807, 2.05) is 24.3 Å². The maximum Gasteiger partial charge on any atom is 0.282 e. The van der Waals surface area contributed by atoms with Crippen LogP contribution in [0.5, 0.6) is 0 Å². The van der Waals surface area contributed by atoms with Crippen molar-refractivity contribution in [3.63, 3.8) is 0 Å². The molecule has 0 aromatic heterocycles. The first-order valence-electron chi connectivity index (χ1n) is 8.33. The number of benzene rings is 1. The molecule has 0 saturated carbocycles. The highest BCUT2D eigenvalue weighted by Crippen LogP contribution is 2.32. The minimum atomic E-state index is -3.45. The molecule has 1 unspecified atom stereocenters. The zero-order chi connectivity index (χ0) is 16.3. The van der Waals surface area contributed by atoms with Crippen LogP contribution in [0.4, 0.5) is 0 Å². The number of rotatable bonds is 3. The molecular formula is C16H24ClN3O2S. The van der Waals surface area contributed by atoms with E-state index in [1.54, 1.807) is 8.61 Å². The first kappa shape index (κ1) is 17.2. The summed E-state index contributed by atoms with van der Waals surface area (Å²) in [6.45, 7) is 3.00. The summed E-state index contributed by atoms with van der Waals surface area (Å²) < 4.78 is 29.6. The standard InChI is InChI=1S/C16H24ClN3O2S/c17-15-8-4-3-7-14(15)16-13-18-9-12-20(16)23(21,22)19-10-5-1-2-6-11-19/h3-4,7-8,16,18H,1-2,5-6,9-13H2. The number of nitrogens with zero attached hydrogens (tertiary/aromatic N) is 2. The third-order valence-electron chi connectivity index (χ3n) is 4.65. The van der Waals surface area contributed by atoms with E-state index in [-0.39, 0.29) is 6.04 Å². The van der Waals surface area contributed by atoms with Gasteiger partial charge in [0.2, 0.25) is 0 Å². The van der Waals surface area contributed by atoms with Crippen LogP contribution in [0.15, 0.2) is 24.3 Å². The Balaban J connectivity index is 1.90. The third kappa shape index (κ3) is 3.72. The molecule has 0 amide bonds. The third-order valence-corrected chi connectivity index (χ3v) is 7.04. The highest BCUT2D eigenvalue weighted by Gasteiger charge is 2.37. The lowest BCUT2D eigenvalue weighted by atomic mass is 10.1. The summed E-state index contributed by atoms with van der Waals surface area (Å²) in [5.41, 5.74) is 0.875. The lowest BCUT2D eigenvalue weighted by Crippen LogP contribution is -2.53. The Morgan fingerprint density at radius 3 is 2.43 bits per heavy atom. The Hall–Kier alpha value is -0.660. The van der Waals surface area contributed by atoms with E-state index in [9.17, 15) is 8.42 Å². The number of hydrogen-bond donors (Lipinski definition) is 1. The van der Waals surface area contributed by atoms with Crippen molar-refractivity contribution in [1.29, 1.82) is 0 Å². The molecule has 7 heteroatoms. The van der Waals surface area contributed by atoms with Crippen molar-refractivity contribution in [2.24, 2.45) is 0 Å². The van der Waals surface area contributed by atoms with Gasteiger partial charge in [-0.3, -0.25) is 0 Å². The molecule has 2 fully saturated rings. The molecule has 0 radical (unpaired) electrons. The molecular weight excluding hydrogens is 334 g/mol. The zero-order valence-electron chi connectivity index (χ0n) is 13.2. The van der Waals surface area contributed by atoms with Crippen molar-refractivity contribution in [1.82, 2.24) is 13.9 Å². The molecule has 3 rings (SSSR count). The van der Waals surface area contributed by atoms with E-state index in [4.69, 9.17) is 11.6 Å². The van der Waals surface area contributed by atoms with Gasteiger partial charge in [-0.1, -0.05) is 42.6 Å². The van der Waals surface area contributed by atoms with Crippen LogP contribution in [0.25, 0.3) is 0 Å². The highest BCUT2D eigenvalue weighted by atomic mass is 35.5. The lowest BCUT2D eigenvalue weighted by Gasteiger charge is -2.38. The van der Waals surface area contributed by atoms with Crippen molar-refractivity contribution in [3.8, 4) is 0 Å². The summed E-state index contributed by atoms with van der Waals surface area (Å²) in [5, 5.41) is 3.92. The molecule has 5 nitrogen and oxygen atoms in total. The predicted molar refractivity (Wildman–Crippen MR) is 92.7 cm³/mol. The predicted octanol–water partition coefficient (Wildman–Crippen LogP) is 2.41. The van der Waals surface area contributed by atoms with Gasteiger partial charge in [-0.05, 0) is 24.5 Å². The Morgan fingerprint density at radius 1 is 1.04 bits per heavy atom. The average Bonchev–Trinajstić information content (AvgIpc) is 2.85. The second-order valence-corrected chi connectivity index (χ2v) is 8.46. The fraction of sp³-hybridized carbons (Fsp3) is 0.625. The van der Waals surface area contributed by atoms with Gasteiger partial charge in [-0.25, -0.2) is 0 Å². The maximum absolute atomic E-state index is 13.2. The van der Waals surface area contributed by atoms with E-state index in [2.05, 4.69) is 5.32 Å². The molecule has 23 heavy (non-hydrogen) atoms. The van der Waals surface area contributed by atoms with Crippen molar-refractivity contribution in [2.45, 2.75) is 31.7 Å². The monoisotopic (exact) mass is 357 g/mol. The summed E-state index contributed by atoms with van der Waals surface area (Å²) in [6.07, 6.45) is 4.12.